The minimum absolute atomic E-state index is 0.0627. The lowest BCUT2D eigenvalue weighted by Crippen LogP contribution is -2.60. The Morgan fingerprint density at radius 3 is 1.60 bits per heavy atom. The lowest BCUT2D eigenvalue weighted by molar-refractivity contribution is -0.147. The zero-order valence-electron chi connectivity index (χ0n) is 43.3. The maximum absolute atomic E-state index is 14.4. The van der Waals surface area contributed by atoms with Crippen LogP contribution in [0.1, 0.15) is 125 Å². The van der Waals surface area contributed by atoms with Crippen LogP contribution in [0.15, 0.2) is 30.3 Å². The molecule has 0 aliphatic heterocycles. The third-order valence-corrected chi connectivity index (χ3v) is 12.7. The van der Waals surface area contributed by atoms with Crippen molar-refractivity contribution in [1.82, 2.24) is 40.9 Å². The van der Waals surface area contributed by atoms with Crippen LogP contribution in [-0.2, 0) is 38.3 Å². The number of nitrogens with zero attached hydrogens (tertiary/aromatic N) is 4. The van der Waals surface area contributed by atoms with Crippen LogP contribution in [0.25, 0.3) is 0 Å². The van der Waals surface area contributed by atoms with E-state index in [1.807, 2.05) is 54.5 Å². The average molecular weight is 975 g/mol. The monoisotopic (exact) mass is 975 g/mol. The van der Waals surface area contributed by atoms with E-state index in [1.165, 1.54) is 61.6 Å². The minimum Gasteiger partial charge on any atom is -0.462 e. The number of nitrogens with one attached hydrogen (secondary N) is 4. The van der Waals surface area contributed by atoms with Crippen LogP contribution in [0.4, 0.5) is 4.79 Å². The second kappa shape index (κ2) is 30.3. The van der Waals surface area contributed by atoms with Gasteiger partial charge in [0.25, 0.3) is 5.91 Å². The van der Waals surface area contributed by atoms with Crippen molar-refractivity contribution in [2.45, 2.75) is 150 Å². The Balaban J connectivity index is 3.27. The summed E-state index contributed by atoms with van der Waals surface area (Å²) >= 11 is 1.26. The molecule has 0 saturated carbocycles. The molecule has 0 heterocycles. The van der Waals surface area contributed by atoms with Gasteiger partial charge in [-0.15, -0.1) is 11.8 Å². The maximum atomic E-state index is 14.4. The van der Waals surface area contributed by atoms with Gasteiger partial charge in [-0.3, -0.25) is 38.9 Å². The molecule has 0 bridgehead atoms. The van der Waals surface area contributed by atoms with Crippen LogP contribution in [-0.4, -0.2) is 156 Å². The molecule has 19 heteroatoms. The van der Waals surface area contributed by atoms with Gasteiger partial charge in [0.15, 0.2) is 5.37 Å². The topological polar surface area (TPSA) is 224 Å². The Bertz CT molecular complexity index is 1830. The van der Waals surface area contributed by atoms with E-state index in [0.717, 1.165) is 4.90 Å². The predicted octanol–water partition coefficient (Wildman–Crippen LogP) is 4.66. The molecule has 0 fully saturated rings. The number of benzene rings is 1. The zero-order valence-corrected chi connectivity index (χ0v) is 44.1. The number of thioether (sulfide) groups is 1. The molecule has 1 aromatic rings. The number of hydrogen-bond donors (Lipinski definition) is 4. The molecule has 0 aliphatic rings. The van der Waals surface area contributed by atoms with Gasteiger partial charge in [-0.2, -0.15) is 0 Å². The van der Waals surface area contributed by atoms with E-state index in [9.17, 15) is 43.2 Å². The molecule has 9 amide bonds. The number of rotatable bonds is 28. The number of amides is 9. The molecule has 1 aromatic carbocycles. The first-order chi connectivity index (χ1) is 31.8. The standard InChI is InChI=1S/C49H82N8O10S/c1-16-22-39(58)57(15)47(68-26-21-20-25-67-48(65)35-23-18-17-19-24-35)46(64)55(13)38(29-32(6)7)44(62)52-40(33(8)9)45(63)54(12)37(28-31(4)5)43(61)51-34(10)41(59)53-49(66)56(14)36(27-30(2)3)42(60)50-11/h17-19,23-24,30-34,36-38,40,47H,16,20-22,25-29H2,1-15H3,(H,50,60)(H,51,61)(H,52,62)(H,53,59,66)/t34-,36+,37+,38+,40+,47-/m1/s1. The van der Waals surface area contributed by atoms with E-state index in [4.69, 9.17) is 4.74 Å². The molecule has 0 aliphatic carbocycles. The lowest BCUT2D eigenvalue weighted by Gasteiger charge is -2.37. The SMILES string of the molecule is CCCC(=O)N(C)[C@H](SCCCCOC(=O)c1ccccc1)C(=O)N(C)[C@@H](CC(C)C)C(=O)N[C@H](C(=O)N(C)[C@@H](CC(C)C)C(=O)N[C@H](C)C(=O)NC(=O)N(C)[C@@H](CC(C)C)C(=O)NC)C(C)C. The summed E-state index contributed by atoms with van der Waals surface area (Å²) in [6, 6.07) is 2.54. The zero-order chi connectivity index (χ0) is 52.0. The number of esters is 1. The first kappa shape index (κ1) is 60.8. The highest BCUT2D eigenvalue weighted by molar-refractivity contribution is 8.00. The number of urea groups is 1. The van der Waals surface area contributed by atoms with Crippen molar-refractivity contribution in [3.8, 4) is 0 Å². The fourth-order valence-corrected chi connectivity index (χ4v) is 8.45. The van der Waals surface area contributed by atoms with Crippen molar-refractivity contribution in [2.24, 2.45) is 23.7 Å². The van der Waals surface area contributed by atoms with E-state index in [0.29, 0.717) is 37.0 Å². The molecule has 384 valence electrons. The van der Waals surface area contributed by atoms with Crippen molar-refractivity contribution in [1.29, 1.82) is 0 Å². The fourth-order valence-electron chi connectivity index (χ4n) is 7.20. The highest BCUT2D eigenvalue weighted by Crippen LogP contribution is 2.24. The molecule has 0 aromatic heterocycles. The molecule has 68 heavy (non-hydrogen) atoms. The van der Waals surface area contributed by atoms with Gasteiger partial charge in [0.2, 0.25) is 35.4 Å². The van der Waals surface area contributed by atoms with Gasteiger partial charge in [-0.05, 0) is 87.0 Å². The quantitative estimate of drug-likeness (QED) is 0.0514. The van der Waals surface area contributed by atoms with Crippen LogP contribution in [0.3, 0.4) is 0 Å². The van der Waals surface area contributed by atoms with Gasteiger partial charge >= 0.3 is 12.0 Å². The molecule has 0 radical (unpaired) electrons. The summed E-state index contributed by atoms with van der Waals surface area (Å²) in [6.07, 6.45) is 2.69. The number of unbranched alkanes of at least 4 members (excludes halogenated alkanes) is 1. The van der Waals surface area contributed by atoms with Crippen molar-refractivity contribution >= 4 is 65.1 Å². The predicted molar refractivity (Wildman–Crippen MR) is 265 cm³/mol. The van der Waals surface area contributed by atoms with Gasteiger partial charge in [-0.25, -0.2) is 9.59 Å². The molecule has 0 saturated heterocycles. The van der Waals surface area contributed by atoms with Crippen LogP contribution >= 0.6 is 11.8 Å². The summed E-state index contributed by atoms with van der Waals surface area (Å²) in [4.78, 5) is 127. The number of ether oxygens (including phenoxy) is 1. The Labute approximate surface area is 409 Å². The molecule has 18 nitrogen and oxygen atoms in total. The normalized spacial score (nSPS) is 13.9. The highest BCUT2D eigenvalue weighted by atomic mass is 32.2. The Morgan fingerprint density at radius 2 is 1.12 bits per heavy atom. The number of hydrogen-bond acceptors (Lipinski definition) is 11. The van der Waals surface area contributed by atoms with E-state index in [2.05, 4.69) is 21.3 Å². The van der Waals surface area contributed by atoms with E-state index in [1.54, 1.807) is 45.2 Å². The third-order valence-electron chi connectivity index (χ3n) is 11.3. The van der Waals surface area contributed by atoms with Crippen molar-refractivity contribution in [3.63, 3.8) is 0 Å². The fraction of sp³-hybridized carbons (Fsp3) is 0.694. The first-order valence-electron chi connectivity index (χ1n) is 23.8. The molecule has 4 N–H and O–H groups in total. The summed E-state index contributed by atoms with van der Waals surface area (Å²) in [6.45, 7) is 18.3. The van der Waals surface area contributed by atoms with Gasteiger partial charge in [0.05, 0.1) is 12.2 Å². The smallest absolute Gasteiger partial charge is 0.338 e. The average Bonchev–Trinajstić information content (AvgIpc) is 3.28. The maximum Gasteiger partial charge on any atom is 0.338 e. The van der Waals surface area contributed by atoms with Crippen molar-refractivity contribution in [2.75, 3.05) is 47.6 Å². The largest absolute Gasteiger partial charge is 0.462 e. The molecule has 0 unspecified atom stereocenters. The van der Waals surface area contributed by atoms with Gasteiger partial charge in [0, 0.05) is 41.7 Å². The van der Waals surface area contributed by atoms with Crippen LogP contribution < -0.4 is 21.3 Å². The summed E-state index contributed by atoms with van der Waals surface area (Å²) in [5.41, 5.74) is 0.450. The minimum atomic E-state index is -1.21. The van der Waals surface area contributed by atoms with Gasteiger partial charge in [0.1, 0.15) is 30.2 Å². The second-order valence-corrected chi connectivity index (χ2v) is 20.2. The van der Waals surface area contributed by atoms with E-state index >= 15 is 0 Å². The summed E-state index contributed by atoms with van der Waals surface area (Å²) in [7, 11) is 7.40. The Morgan fingerprint density at radius 1 is 0.618 bits per heavy atom. The Hall–Kier alpha value is -5.20. The molecular formula is C49H82N8O10S. The number of carbonyl (C=O) groups is 9. The third kappa shape index (κ3) is 19.8. The van der Waals surface area contributed by atoms with Crippen LogP contribution in [0.2, 0.25) is 0 Å². The second-order valence-electron chi connectivity index (χ2n) is 19.0. The lowest BCUT2D eigenvalue weighted by atomic mass is 9.97. The van der Waals surface area contributed by atoms with Crippen LogP contribution in [0.5, 0.6) is 0 Å². The molecule has 0 spiro atoms. The molecular weight excluding hydrogens is 893 g/mol. The number of carbonyl (C=O) groups excluding carboxylic acids is 9. The van der Waals surface area contributed by atoms with Crippen LogP contribution in [0, 0.1) is 23.7 Å². The summed E-state index contributed by atoms with van der Waals surface area (Å²) < 4.78 is 5.40. The molecule has 6 atom stereocenters. The number of imide groups is 1. The number of likely N-dealkylation sites (N-methyl/N-ethyl adjacent to an activating group) is 5. The molecule has 1 rings (SSSR count). The van der Waals surface area contributed by atoms with E-state index in [-0.39, 0.29) is 49.5 Å². The van der Waals surface area contributed by atoms with Gasteiger partial charge in [-0.1, -0.05) is 80.5 Å². The summed E-state index contributed by atoms with van der Waals surface area (Å²) in [5, 5.41) is 9.35. The summed E-state index contributed by atoms with van der Waals surface area (Å²) in [5.74, 6) is -4.24. The van der Waals surface area contributed by atoms with E-state index < -0.39 is 88.9 Å². The Kier molecular flexibility index (Phi) is 27.1. The van der Waals surface area contributed by atoms with Crippen molar-refractivity contribution < 1.29 is 47.9 Å². The van der Waals surface area contributed by atoms with Gasteiger partial charge < -0.3 is 40.3 Å². The first-order valence-corrected chi connectivity index (χ1v) is 24.9. The van der Waals surface area contributed by atoms with Crippen molar-refractivity contribution in [3.05, 3.63) is 35.9 Å². The highest BCUT2D eigenvalue weighted by Gasteiger charge is 2.40.